The van der Waals surface area contributed by atoms with Gasteiger partial charge in [-0.1, -0.05) is 12.0 Å². The topological polar surface area (TPSA) is 80.5 Å². The summed E-state index contributed by atoms with van der Waals surface area (Å²) in [5.74, 6) is 5.04. The number of nitrogens with zero attached hydrogens (tertiary/aromatic N) is 3. The summed E-state index contributed by atoms with van der Waals surface area (Å²) < 4.78 is 10.6. The molecule has 0 saturated carbocycles. The summed E-state index contributed by atoms with van der Waals surface area (Å²) >= 11 is 4.03. The average molecular weight is 497 g/mol. The summed E-state index contributed by atoms with van der Waals surface area (Å²) in [4.78, 5) is 14.5. The Morgan fingerprint density at radius 2 is 2.14 bits per heavy atom. The molecule has 7 nitrogen and oxygen atoms in total. The molecule has 2 aromatic rings. The van der Waals surface area contributed by atoms with Crippen LogP contribution in [0.2, 0.25) is 0 Å². The fraction of sp³-hybridized carbons (Fsp3) is 0.444. The Balaban J connectivity index is 0.000000307. The van der Waals surface area contributed by atoms with Gasteiger partial charge in [-0.3, -0.25) is 4.79 Å². The highest BCUT2D eigenvalue weighted by atomic mass is 32.1. The Labute approximate surface area is 214 Å². The van der Waals surface area contributed by atoms with Gasteiger partial charge in [-0.05, 0) is 82.6 Å². The smallest absolute Gasteiger partial charge is 0.251 e. The molecule has 0 bridgehead atoms. The van der Waals surface area contributed by atoms with Gasteiger partial charge in [0.05, 0.1) is 12.4 Å². The van der Waals surface area contributed by atoms with Crippen molar-refractivity contribution in [3.05, 3.63) is 59.7 Å². The Morgan fingerprint density at radius 3 is 2.74 bits per heavy atom. The van der Waals surface area contributed by atoms with Gasteiger partial charge in [0.2, 0.25) is 11.8 Å². The summed E-state index contributed by atoms with van der Waals surface area (Å²) in [5.41, 5.74) is 1.46. The van der Waals surface area contributed by atoms with Crippen LogP contribution in [0.5, 0.6) is 0 Å². The Bertz CT molecular complexity index is 1010. The minimum absolute atomic E-state index is 0.0427. The Hall–Kier alpha value is -3.02. The molecule has 2 heterocycles. The molecular formula is C27H36N4O3S. The molecule has 1 fully saturated rings. The molecule has 8 heteroatoms. The Kier molecular flexibility index (Phi) is 12.7. The lowest BCUT2D eigenvalue weighted by atomic mass is 10.1. The monoisotopic (exact) mass is 496 g/mol. The summed E-state index contributed by atoms with van der Waals surface area (Å²) in [6, 6.07) is 7.82. The maximum Gasteiger partial charge on any atom is 0.251 e. The second kappa shape index (κ2) is 15.8. The first-order valence-electron chi connectivity index (χ1n) is 11.8. The van der Waals surface area contributed by atoms with Crippen molar-refractivity contribution in [1.82, 2.24) is 20.4 Å². The van der Waals surface area contributed by atoms with E-state index in [9.17, 15) is 4.79 Å². The molecule has 1 aliphatic rings. The number of rotatable bonds is 10. The number of thiol groups is 1. The van der Waals surface area contributed by atoms with Crippen molar-refractivity contribution in [2.45, 2.75) is 45.6 Å². The number of benzene rings is 1. The van der Waals surface area contributed by atoms with Crippen LogP contribution >= 0.6 is 12.6 Å². The molecule has 188 valence electrons. The van der Waals surface area contributed by atoms with Crippen molar-refractivity contribution >= 4 is 18.5 Å². The van der Waals surface area contributed by atoms with E-state index >= 15 is 0 Å². The van der Waals surface area contributed by atoms with Crippen LogP contribution in [0.25, 0.3) is 11.5 Å². The van der Waals surface area contributed by atoms with Crippen LogP contribution in [0.15, 0.2) is 52.7 Å². The summed E-state index contributed by atoms with van der Waals surface area (Å²) in [6.07, 6.45) is 14.9. The van der Waals surface area contributed by atoms with Crippen molar-refractivity contribution in [3.8, 4) is 23.8 Å². The average Bonchev–Trinajstić information content (AvgIpc) is 3.49. The SMILES string of the molecule is C#C/C=C\C/C=C(\C)OCCS.Cc1nnc(-c2ccc(C(=O)NCCC3CCCN3C)cc2)o1. The van der Waals surface area contributed by atoms with Crippen molar-refractivity contribution in [3.63, 3.8) is 0 Å². The number of allylic oxidation sites excluding steroid dienone is 4. The number of aryl methyl sites for hydroxylation is 1. The number of hydrogen-bond donors (Lipinski definition) is 2. The van der Waals surface area contributed by atoms with E-state index in [-0.39, 0.29) is 5.91 Å². The number of carbonyl (C=O) groups is 1. The maximum atomic E-state index is 12.2. The van der Waals surface area contributed by atoms with Gasteiger partial charge in [0.1, 0.15) is 0 Å². The zero-order valence-electron chi connectivity index (χ0n) is 20.9. The summed E-state index contributed by atoms with van der Waals surface area (Å²) in [5, 5.41) is 10.8. The third kappa shape index (κ3) is 10.4. The molecule has 0 radical (unpaired) electrons. The minimum Gasteiger partial charge on any atom is -0.498 e. The highest BCUT2D eigenvalue weighted by Gasteiger charge is 2.20. The summed E-state index contributed by atoms with van der Waals surface area (Å²) in [6.45, 7) is 6.20. The van der Waals surface area contributed by atoms with Gasteiger partial charge in [0.15, 0.2) is 0 Å². The van der Waals surface area contributed by atoms with Crippen LogP contribution in [0, 0.1) is 19.3 Å². The van der Waals surface area contributed by atoms with E-state index in [0.717, 1.165) is 36.5 Å². The van der Waals surface area contributed by atoms with Crippen LogP contribution in [0.4, 0.5) is 0 Å². The number of terminal acetylenes is 1. The molecule has 3 rings (SSSR count). The van der Waals surface area contributed by atoms with E-state index in [4.69, 9.17) is 15.6 Å². The van der Waals surface area contributed by atoms with Gasteiger partial charge in [0.25, 0.3) is 5.91 Å². The van der Waals surface area contributed by atoms with E-state index in [1.807, 2.05) is 31.2 Å². The van der Waals surface area contributed by atoms with E-state index in [0.29, 0.717) is 36.5 Å². The van der Waals surface area contributed by atoms with Gasteiger partial charge in [-0.2, -0.15) is 12.6 Å². The fourth-order valence-corrected chi connectivity index (χ4v) is 3.70. The summed E-state index contributed by atoms with van der Waals surface area (Å²) in [7, 11) is 2.15. The highest BCUT2D eigenvalue weighted by Crippen LogP contribution is 2.19. The largest absolute Gasteiger partial charge is 0.498 e. The number of nitrogens with one attached hydrogen (secondary N) is 1. The molecular weight excluding hydrogens is 460 g/mol. The number of hydrogen-bond acceptors (Lipinski definition) is 7. The lowest BCUT2D eigenvalue weighted by Gasteiger charge is -2.19. The normalized spacial score (nSPS) is 16.0. The van der Waals surface area contributed by atoms with Crippen LogP contribution in [0.1, 0.15) is 48.9 Å². The van der Waals surface area contributed by atoms with Crippen LogP contribution in [-0.4, -0.2) is 59.5 Å². The second-order valence-corrected chi connectivity index (χ2v) is 8.66. The second-order valence-electron chi connectivity index (χ2n) is 8.22. The molecule has 35 heavy (non-hydrogen) atoms. The predicted octanol–water partition coefficient (Wildman–Crippen LogP) is 4.68. The first kappa shape index (κ1) is 28.2. The van der Waals surface area contributed by atoms with Gasteiger partial charge in [0, 0.05) is 36.4 Å². The van der Waals surface area contributed by atoms with Gasteiger partial charge >= 0.3 is 0 Å². The van der Waals surface area contributed by atoms with Crippen LogP contribution in [0.3, 0.4) is 0 Å². The zero-order valence-corrected chi connectivity index (χ0v) is 21.8. The number of amides is 1. The highest BCUT2D eigenvalue weighted by molar-refractivity contribution is 7.80. The quantitative estimate of drug-likeness (QED) is 0.283. The fourth-order valence-electron chi connectivity index (χ4n) is 3.61. The van der Waals surface area contributed by atoms with E-state index < -0.39 is 0 Å². The maximum absolute atomic E-state index is 12.2. The molecule has 1 amide bonds. The standard InChI is InChI=1S/C17H22N4O2.C10H14OS/c1-12-19-20-17(23-12)14-7-5-13(6-8-14)16(22)18-10-9-15-4-3-11-21(15)2;1-3-4-5-6-7-10(2)11-8-9-12/h5-8,15H,3-4,9-11H2,1-2H3,(H,18,22);1,4-5,7,12H,6,8-9H2,2H3/b;5-4-,10-7+. The number of likely N-dealkylation sites (tertiary alicyclic amines) is 1. The third-order valence-electron chi connectivity index (χ3n) is 5.53. The number of carbonyl (C=O) groups excluding carboxylic acids is 1. The molecule has 1 saturated heterocycles. The van der Waals surface area contributed by atoms with E-state index in [2.05, 4.69) is 46.0 Å². The molecule has 0 spiro atoms. The molecule has 0 aliphatic carbocycles. The van der Waals surface area contributed by atoms with E-state index in [1.54, 1.807) is 25.1 Å². The predicted molar refractivity (Wildman–Crippen MR) is 143 cm³/mol. The first-order valence-corrected chi connectivity index (χ1v) is 12.5. The lowest BCUT2D eigenvalue weighted by molar-refractivity contribution is 0.0950. The number of aromatic nitrogens is 2. The van der Waals surface area contributed by atoms with Crippen LogP contribution < -0.4 is 5.32 Å². The van der Waals surface area contributed by atoms with Gasteiger partial charge in [-0.25, -0.2) is 0 Å². The first-order chi connectivity index (χ1) is 16.9. The van der Waals surface area contributed by atoms with Gasteiger partial charge < -0.3 is 19.4 Å². The molecule has 1 aromatic carbocycles. The molecule has 1 unspecified atom stereocenters. The van der Waals surface area contributed by atoms with Gasteiger partial charge in [-0.15, -0.1) is 16.6 Å². The van der Waals surface area contributed by atoms with Crippen molar-refractivity contribution in [1.29, 1.82) is 0 Å². The van der Waals surface area contributed by atoms with Crippen molar-refractivity contribution in [2.75, 3.05) is 32.5 Å². The molecule has 1 aliphatic heterocycles. The van der Waals surface area contributed by atoms with Crippen molar-refractivity contribution in [2.24, 2.45) is 0 Å². The molecule has 1 N–H and O–H groups in total. The minimum atomic E-state index is -0.0427. The van der Waals surface area contributed by atoms with Crippen LogP contribution in [-0.2, 0) is 4.74 Å². The zero-order chi connectivity index (χ0) is 25.5. The number of ether oxygens (including phenoxy) is 1. The molecule has 1 atom stereocenters. The lowest BCUT2D eigenvalue weighted by Crippen LogP contribution is -2.31. The molecule has 1 aromatic heterocycles. The third-order valence-corrected chi connectivity index (χ3v) is 5.71. The van der Waals surface area contributed by atoms with E-state index in [1.165, 1.54) is 12.8 Å². The van der Waals surface area contributed by atoms with Crippen molar-refractivity contribution < 1.29 is 13.9 Å². The Morgan fingerprint density at radius 1 is 1.37 bits per heavy atom.